The van der Waals surface area contributed by atoms with Crippen LogP contribution >= 0.6 is 0 Å². The highest BCUT2D eigenvalue weighted by atomic mass is 16.4. The molecule has 0 fully saturated rings. The summed E-state index contributed by atoms with van der Waals surface area (Å²) in [6.45, 7) is 5.46. The van der Waals surface area contributed by atoms with Gasteiger partial charge < -0.3 is 90.3 Å². The molecule has 11 atom stereocenters. The van der Waals surface area contributed by atoms with Gasteiger partial charge in [-0.3, -0.25) is 57.7 Å². The molecule has 2 aromatic carbocycles. The van der Waals surface area contributed by atoms with Gasteiger partial charge in [0.2, 0.25) is 47.3 Å². The van der Waals surface area contributed by atoms with Crippen LogP contribution < -0.4 is 59.7 Å². The van der Waals surface area contributed by atoms with Crippen LogP contribution in [0.3, 0.4) is 0 Å². The summed E-state index contributed by atoms with van der Waals surface area (Å²) in [5, 5.41) is 68.3. The molecule has 20 N–H and O–H groups in total. The first-order chi connectivity index (χ1) is 39.7. The van der Waals surface area contributed by atoms with Gasteiger partial charge in [-0.15, -0.1) is 0 Å². The number of rotatable bonds is 37. The van der Waals surface area contributed by atoms with E-state index in [4.69, 9.17) is 17.2 Å². The van der Waals surface area contributed by atoms with Crippen molar-refractivity contribution in [1.29, 1.82) is 0 Å². The lowest BCUT2D eigenvalue weighted by atomic mass is 9.96. The van der Waals surface area contributed by atoms with E-state index in [1.165, 1.54) is 6.92 Å². The standard InChI is InChI=1S/C54H77N13O17/c1-5-27(3)43(66-47(77)35(18-19-40(69)70)60-45(75)32(55)26-68)51(81)63-36(22-30-25-59-33-16-11-10-15-31(30)33)48(78)61-34(17-12-20-58-54(56)57)46(76)62-38(24-42(73)74)50(80)67-44(28(4)6-2)52(82)64-37(23-41(71)72)49(79)65-39(53(83)84)21-29-13-8-7-9-14-29/h7-11,13-16,25,27-28,32,34-39,43-44,59,68H,5-6,12,17-24,26,55H2,1-4H3,(H,60,75)(H,61,78)(H,62,76)(H,63,81)(H,64,82)(H,65,79)(H,66,77)(H,67,80)(H,69,70)(H,71,72)(H,73,74)(H,83,84)(H4,56,57,58)/t27-,28-,32-,34-,35-,36-,37-,38-,39-,43-,44-/m0/s1. The molecule has 0 saturated carbocycles. The summed E-state index contributed by atoms with van der Waals surface area (Å²) in [5.41, 5.74) is 18.3. The smallest absolute Gasteiger partial charge is 0.326 e. The number of aliphatic imine (C=N–C) groups is 1. The van der Waals surface area contributed by atoms with Gasteiger partial charge >= 0.3 is 23.9 Å². The first-order valence-electron chi connectivity index (χ1n) is 27.0. The van der Waals surface area contributed by atoms with Gasteiger partial charge in [-0.05, 0) is 48.3 Å². The number of carbonyl (C=O) groups excluding carboxylic acids is 8. The number of hydrogen-bond acceptors (Lipinski definition) is 15. The van der Waals surface area contributed by atoms with E-state index >= 15 is 0 Å². The summed E-state index contributed by atoms with van der Waals surface area (Å²) in [4.78, 5) is 167. The van der Waals surface area contributed by atoms with Crippen LogP contribution in [0.5, 0.6) is 0 Å². The fourth-order valence-electron chi connectivity index (χ4n) is 8.47. The number of carboxylic acid groups (broad SMARTS) is 4. The van der Waals surface area contributed by atoms with Crippen LogP contribution in [0, 0.1) is 11.8 Å². The average Bonchev–Trinajstić information content (AvgIpc) is 3.99. The number of aliphatic hydroxyl groups excluding tert-OH is 1. The fraction of sp³-hybridized carbons (Fsp3) is 0.500. The number of nitrogens with one attached hydrogen (secondary N) is 9. The second-order valence-electron chi connectivity index (χ2n) is 20.1. The van der Waals surface area contributed by atoms with Crippen LogP contribution in [0.1, 0.15) is 90.2 Å². The number of aliphatic hydroxyl groups is 1. The largest absolute Gasteiger partial charge is 0.481 e. The number of amides is 8. The molecule has 460 valence electrons. The van der Waals surface area contributed by atoms with Crippen LogP contribution in [-0.2, 0) is 70.4 Å². The maximum absolute atomic E-state index is 14.7. The third-order valence-corrected chi connectivity index (χ3v) is 13.6. The van der Waals surface area contributed by atoms with E-state index in [9.17, 15) is 83.1 Å². The Labute approximate surface area is 482 Å². The number of H-pyrrole nitrogens is 1. The Kier molecular flexibility index (Phi) is 28.2. The maximum Gasteiger partial charge on any atom is 0.326 e. The van der Waals surface area contributed by atoms with Crippen LogP contribution in [0.2, 0.25) is 0 Å². The van der Waals surface area contributed by atoms with Crippen LogP contribution in [0.15, 0.2) is 65.8 Å². The minimum absolute atomic E-state index is 0.0305. The van der Waals surface area contributed by atoms with Crippen molar-refractivity contribution in [2.24, 2.45) is 34.0 Å². The minimum Gasteiger partial charge on any atom is -0.481 e. The van der Waals surface area contributed by atoms with Gasteiger partial charge in [-0.1, -0.05) is 89.1 Å². The molecule has 30 heteroatoms. The number of nitrogens with two attached hydrogens (primary N) is 3. The highest BCUT2D eigenvalue weighted by Crippen LogP contribution is 2.21. The SMILES string of the molecule is CC[C@H](C)[C@H](NC(=O)[C@H](CC(=O)O)NC(=O)[C@H](CCCN=C(N)N)NC(=O)[C@H](Cc1c[nH]c2ccccc12)NC(=O)[C@@H](NC(=O)[C@H](CCC(=O)O)NC(=O)[C@@H](N)CO)[C@@H](C)CC)C(=O)N[C@@H](CC(=O)O)C(=O)N[C@@H](Cc1ccccc1)C(=O)O. The molecule has 0 aliphatic rings. The van der Waals surface area contributed by atoms with Crippen LogP contribution in [0.25, 0.3) is 10.9 Å². The van der Waals surface area contributed by atoms with Crippen molar-refractivity contribution >= 4 is 88.0 Å². The molecule has 0 aliphatic heterocycles. The van der Waals surface area contributed by atoms with Crippen molar-refractivity contribution in [3.8, 4) is 0 Å². The molecule has 8 amide bonds. The normalized spacial score (nSPS) is 15.0. The number of benzene rings is 2. The topological polar surface area (TPSA) is 508 Å². The van der Waals surface area contributed by atoms with E-state index in [-0.39, 0.29) is 51.0 Å². The number of hydrogen-bond donors (Lipinski definition) is 17. The van der Waals surface area contributed by atoms with Crippen molar-refractivity contribution < 1.29 is 83.1 Å². The van der Waals surface area contributed by atoms with Gasteiger partial charge in [0.25, 0.3) is 0 Å². The van der Waals surface area contributed by atoms with Gasteiger partial charge in [-0.2, -0.15) is 0 Å². The Morgan fingerprint density at radius 1 is 0.536 bits per heavy atom. The highest BCUT2D eigenvalue weighted by Gasteiger charge is 2.38. The number of carboxylic acids is 4. The van der Waals surface area contributed by atoms with E-state index in [1.54, 1.807) is 81.6 Å². The predicted octanol–water partition coefficient (Wildman–Crippen LogP) is -2.80. The summed E-state index contributed by atoms with van der Waals surface area (Å²) < 4.78 is 0. The predicted molar refractivity (Wildman–Crippen MR) is 300 cm³/mol. The second-order valence-corrected chi connectivity index (χ2v) is 20.1. The third kappa shape index (κ3) is 22.6. The van der Waals surface area contributed by atoms with Crippen molar-refractivity contribution in [3.05, 3.63) is 71.9 Å². The Hall–Kier alpha value is -9.19. The number of nitrogens with zero attached hydrogens (tertiary/aromatic N) is 1. The van der Waals surface area contributed by atoms with E-state index in [0.29, 0.717) is 22.0 Å². The zero-order chi connectivity index (χ0) is 62.8. The Bertz CT molecular complexity index is 2830. The highest BCUT2D eigenvalue weighted by molar-refractivity contribution is 6.00. The molecule has 3 rings (SSSR count). The minimum atomic E-state index is -2.00. The molecule has 0 aliphatic carbocycles. The molecule has 0 saturated heterocycles. The fourth-order valence-corrected chi connectivity index (χ4v) is 8.47. The molecular formula is C54H77N13O17. The molecule has 1 heterocycles. The summed E-state index contributed by atoms with van der Waals surface area (Å²) >= 11 is 0. The Balaban J connectivity index is 2.02. The third-order valence-electron chi connectivity index (χ3n) is 13.6. The van der Waals surface area contributed by atoms with E-state index < -0.39 is 170 Å². The zero-order valence-electron chi connectivity index (χ0n) is 46.9. The number of guanidine groups is 1. The first-order valence-corrected chi connectivity index (χ1v) is 27.0. The van der Waals surface area contributed by atoms with Gasteiger partial charge in [0.05, 0.1) is 19.4 Å². The van der Waals surface area contributed by atoms with E-state index in [1.807, 2.05) is 0 Å². The summed E-state index contributed by atoms with van der Waals surface area (Å²) in [6.07, 6.45) is -2.04. The molecule has 0 radical (unpaired) electrons. The van der Waals surface area contributed by atoms with Crippen LogP contribution in [-0.4, -0.2) is 175 Å². The van der Waals surface area contributed by atoms with Crippen molar-refractivity contribution in [1.82, 2.24) is 47.5 Å². The molecule has 1 aromatic heterocycles. The van der Waals surface area contributed by atoms with Gasteiger partial charge in [0, 0.05) is 42.9 Å². The molecule has 30 nitrogen and oxygen atoms in total. The van der Waals surface area contributed by atoms with E-state index in [0.717, 1.165) is 0 Å². The number of aromatic amines is 1. The van der Waals surface area contributed by atoms with Gasteiger partial charge in [0.15, 0.2) is 5.96 Å². The van der Waals surface area contributed by atoms with E-state index in [2.05, 4.69) is 52.5 Å². The van der Waals surface area contributed by atoms with Crippen molar-refractivity contribution in [2.45, 2.75) is 146 Å². The number of aromatic nitrogens is 1. The van der Waals surface area contributed by atoms with Crippen molar-refractivity contribution in [2.75, 3.05) is 13.2 Å². The number of aliphatic carboxylic acids is 4. The van der Waals surface area contributed by atoms with Gasteiger partial charge in [-0.25, -0.2) is 4.79 Å². The first kappa shape index (κ1) is 69.1. The lowest BCUT2D eigenvalue weighted by Crippen LogP contribution is -2.62. The Morgan fingerprint density at radius 3 is 1.51 bits per heavy atom. The second kappa shape index (κ2) is 34.3. The number of carbonyl (C=O) groups is 12. The molecule has 0 spiro atoms. The number of para-hydroxylation sites is 1. The lowest BCUT2D eigenvalue weighted by molar-refractivity contribution is -0.144. The summed E-state index contributed by atoms with van der Waals surface area (Å²) in [7, 11) is 0. The average molecular weight is 1180 g/mol. The molecular weight excluding hydrogens is 1100 g/mol. The Morgan fingerprint density at radius 2 is 0.988 bits per heavy atom. The quantitative estimate of drug-likeness (QED) is 0.0157. The molecule has 3 aromatic rings. The monoisotopic (exact) mass is 1180 g/mol. The maximum atomic E-state index is 14.7. The van der Waals surface area contributed by atoms with Crippen LogP contribution in [0.4, 0.5) is 0 Å². The van der Waals surface area contributed by atoms with Crippen molar-refractivity contribution in [3.63, 3.8) is 0 Å². The lowest BCUT2D eigenvalue weighted by Gasteiger charge is -2.30. The van der Waals surface area contributed by atoms with Gasteiger partial charge in [0.1, 0.15) is 54.4 Å². The summed E-state index contributed by atoms with van der Waals surface area (Å²) in [5.74, 6) is -16.5. The summed E-state index contributed by atoms with van der Waals surface area (Å²) in [6, 6.07) is 0.263. The zero-order valence-corrected chi connectivity index (χ0v) is 46.9. The number of fused-ring (bicyclic) bond motifs is 1. The molecule has 0 unspecified atom stereocenters. The molecule has 84 heavy (non-hydrogen) atoms. The molecule has 0 bridgehead atoms.